The molecule has 0 saturated heterocycles. The molecule has 1 rings (SSSR count). The van der Waals surface area contributed by atoms with Crippen LogP contribution in [-0.2, 0) is 11.3 Å². The predicted molar refractivity (Wildman–Crippen MR) is 45.1 cm³/mol. The standard InChI is InChI=1S/C8H12N2O3/c1-2-7(8(11)12)9-5-6-3-4-13-10-6/h3-4,7,9H,2,5H2,1H3,(H,11,12). The van der Waals surface area contributed by atoms with Gasteiger partial charge in [0.25, 0.3) is 0 Å². The first-order chi connectivity index (χ1) is 6.24. The highest BCUT2D eigenvalue weighted by molar-refractivity contribution is 5.73. The molecule has 0 aliphatic carbocycles. The third kappa shape index (κ3) is 2.87. The topological polar surface area (TPSA) is 75.4 Å². The van der Waals surface area contributed by atoms with E-state index < -0.39 is 12.0 Å². The Morgan fingerprint density at radius 1 is 1.85 bits per heavy atom. The van der Waals surface area contributed by atoms with Gasteiger partial charge in [-0.05, 0) is 6.42 Å². The molecule has 2 N–H and O–H groups in total. The Balaban J connectivity index is 2.36. The molecule has 0 fully saturated rings. The van der Waals surface area contributed by atoms with Gasteiger partial charge in [0.15, 0.2) is 0 Å². The van der Waals surface area contributed by atoms with Crippen molar-refractivity contribution < 1.29 is 14.4 Å². The maximum absolute atomic E-state index is 10.6. The number of carboxylic acids is 1. The summed E-state index contributed by atoms with van der Waals surface area (Å²) in [5, 5.41) is 15.2. The zero-order valence-electron chi connectivity index (χ0n) is 7.36. The highest BCUT2D eigenvalue weighted by atomic mass is 16.5. The monoisotopic (exact) mass is 184 g/mol. The van der Waals surface area contributed by atoms with E-state index in [2.05, 4.69) is 15.0 Å². The quantitative estimate of drug-likeness (QED) is 0.701. The van der Waals surface area contributed by atoms with Crippen molar-refractivity contribution in [2.75, 3.05) is 0 Å². The van der Waals surface area contributed by atoms with Gasteiger partial charge in [-0.25, -0.2) is 0 Å². The molecule has 1 atom stereocenters. The van der Waals surface area contributed by atoms with E-state index in [9.17, 15) is 4.79 Å². The van der Waals surface area contributed by atoms with Crippen molar-refractivity contribution in [3.8, 4) is 0 Å². The van der Waals surface area contributed by atoms with Gasteiger partial charge in [0, 0.05) is 12.6 Å². The summed E-state index contributed by atoms with van der Waals surface area (Å²) in [7, 11) is 0. The molecule has 0 bridgehead atoms. The number of hydrogen-bond acceptors (Lipinski definition) is 4. The molecule has 0 amide bonds. The normalized spacial score (nSPS) is 12.7. The van der Waals surface area contributed by atoms with Crippen LogP contribution in [0.4, 0.5) is 0 Å². The van der Waals surface area contributed by atoms with E-state index >= 15 is 0 Å². The predicted octanol–water partition coefficient (Wildman–Crippen LogP) is 0.627. The van der Waals surface area contributed by atoms with Crippen LogP contribution in [0.2, 0.25) is 0 Å². The smallest absolute Gasteiger partial charge is 0.320 e. The summed E-state index contributed by atoms with van der Waals surface area (Å²) < 4.78 is 4.60. The lowest BCUT2D eigenvalue weighted by atomic mass is 10.2. The van der Waals surface area contributed by atoms with E-state index in [1.807, 2.05) is 6.92 Å². The molecule has 1 heterocycles. The van der Waals surface area contributed by atoms with Crippen LogP contribution in [-0.4, -0.2) is 22.3 Å². The lowest BCUT2D eigenvalue weighted by molar-refractivity contribution is -0.139. The number of carbonyl (C=O) groups is 1. The minimum atomic E-state index is -0.842. The van der Waals surface area contributed by atoms with Gasteiger partial charge in [-0.2, -0.15) is 0 Å². The molecule has 1 aromatic heterocycles. The van der Waals surface area contributed by atoms with Crippen molar-refractivity contribution in [1.82, 2.24) is 10.5 Å². The number of hydrogen-bond donors (Lipinski definition) is 2. The highest BCUT2D eigenvalue weighted by Crippen LogP contribution is 1.96. The Hall–Kier alpha value is -1.36. The third-order valence-electron chi connectivity index (χ3n) is 1.73. The number of nitrogens with zero attached hydrogens (tertiary/aromatic N) is 1. The Bertz CT molecular complexity index is 258. The van der Waals surface area contributed by atoms with Crippen molar-refractivity contribution in [3.63, 3.8) is 0 Å². The van der Waals surface area contributed by atoms with Crippen LogP contribution in [0.3, 0.4) is 0 Å². The van der Waals surface area contributed by atoms with Gasteiger partial charge in [-0.1, -0.05) is 12.1 Å². The zero-order chi connectivity index (χ0) is 9.68. The summed E-state index contributed by atoms with van der Waals surface area (Å²) in [4.78, 5) is 10.6. The van der Waals surface area contributed by atoms with Crippen LogP contribution in [0, 0.1) is 0 Å². The second-order valence-corrected chi connectivity index (χ2v) is 2.67. The number of rotatable bonds is 5. The van der Waals surface area contributed by atoms with Gasteiger partial charge in [0.2, 0.25) is 0 Å². The van der Waals surface area contributed by atoms with Crippen molar-refractivity contribution in [2.45, 2.75) is 25.9 Å². The van der Waals surface area contributed by atoms with Crippen molar-refractivity contribution in [2.24, 2.45) is 0 Å². The first-order valence-electron chi connectivity index (χ1n) is 4.09. The summed E-state index contributed by atoms with van der Waals surface area (Å²) >= 11 is 0. The summed E-state index contributed by atoms with van der Waals surface area (Å²) in [5.74, 6) is -0.842. The van der Waals surface area contributed by atoms with E-state index in [1.54, 1.807) is 6.07 Å². The Labute approximate surface area is 75.7 Å². The minimum Gasteiger partial charge on any atom is -0.480 e. The lowest BCUT2D eigenvalue weighted by Gasteiger charge is -2.09. The average molecular weight is 184 g/mol. The van der Waals surface area contributed by atoms with Crippen LogP contribution >= 0.6 is 0 Å². The second kappa shape index (κ2) is 4.61. The number of nitrogens with one attached hydrogen (secondary N) is 1. The molecule has 0 radical (unpaired) electrons. The SMILES string of the molecule is CCC(NCc1ccon1)C(=O)O. The van der Waals surface area contributed by atoms with Gasteiger partial charge in [0.1, 0.15) is 12.3 Å². The van der Waals surface area contributed by atoms with Gasteiger partial charge in [-0.15, -0.1) is 0 Å². The molecule has 1 unspecified atom stereocenters. The molecule has 72 valence electrons. The molecule has 5 nitrogen and oxygen atoms in total. The molecule has 5 heteroatoms. The fourth-order valence-corrected chi connectivity index (χ4v) is 0.963. The molecule has 0 aliphatic rings. The van der Waals surface area contributed by atoms with Crippen molar-refractivity contribution in [3.05, 3.63) is 18.0 Å². The molecule has 0 aliphatic heterocycles. The fourth-order valence-electron chi connectivity index (χ4n) is 0.963. The zero-order valence-corrected chi connectivity index (χ0v) is 7.36. The van der Waals surface area contributed by atoms with Crippen LogP contribution < -0.4 is 5.32 Å². The fraction of sp³-hybridized carbons (Fsp3) is 0.500. The molecule has 13 heavy (non-hydrogen) atoms. The van der Waals surface area contributed by atoms with Gasteiger partial charge < -0.3 is 9.63 Å². The van der Waals surface area contributed by atoms with Crippen LogP contribution in [0.5, 0.6) is 0 Å². The number of aromatic nitrogens is 1. The van der Waals surface area contributed by atoms with Crippen LogP contribution in [0.25, 0.3) is 0 Å². The Morgan fingerprint density at radius 3 is 3.08 bits per heavy atom. The largest absolute Gasteiger partial charge is 0.480 e. The Kier molecular flexibility index (Phi) is 3.45. The van der Waals surface area contributed by atoms with Gasteiger partial charge >= 0.3 is 5.97 Å². The summed E-state index contributed by atoms with van der Waals surface area (Å²) in [6, 6.07) is 1.18. The third-order valence-corrected chi connectivity index (χ3v) is 1.73. The van der Waals surface area contributed by atoms with E-state index in [0.717, 1.165) is 0 Å². The molecule has 0 saturated carbocycles. The summed E-state index contributed by atoms with van der Waals surface area (Å²) in [5.41, 5.74) is 0.708. The first kappa shape index (κ1) is 9.73. The highest BCUT2D eigenvalue weighted by Gasteiger charge is 2.13. The number of aliphatic carboxylic acids is 1. The molecular formula is C8H12N2O3. The van der Waals surface area contributed by atoms with E-state index in [0.29, 0.717) is 18.7 Å². The molecule has 0 aromatic carbocycles. The molecule has 1 aromatic rings. The van der Waals surface area contributed by atoms with E-state index in [1.165, 1.54) is 6.26 Å². The van der Waals surface area contributed by atoms with Crippen LogP contribution in [0.1, 0.15) is 19.0 Å². The second-order valence-electron chi connectivity index (χ2n) is 2.67. The van der Waals surface area contributed by atoms with Gasteiger partial charge in [-0.3, -0.25) is 10.1 Å². The maximum Gasteiger partial charge on any atom is 0.320 e. The van der Waals surface area contributed by atoms with Crippen molar-refractivity contribution in [1.29, 1.82) is 0 Å². The Morgan fingerprint density at radius 2 is 2.62 bits per heavy atom. The van der Waals surface area contributed by atoms with Gasteiger partial charge in [0.05, 0.1) is 5.69 Å². The minimum absolute atomic E-state index is 0.418. The molecular weight excluding hydrogens is 172 g/mol. The van der Waals surface area contributed by atoms with Crippen molar-refractivity contribution >= 4 is 5.97 Å². The first-order valence-corrected chi connectivity index (χ1v) is 4.09. The van der Waals surface area contributed by atoms with Crippen LogP contribution in [0.15, 0.2) is 16.9 Å². The average Bonchev–Trinajstić information content (AvgIpc) is 2.57. The van der Waals surface area contributed by atoms with E-state index in [-0.39, 0.29) is 0 Å². The molecule has 0 spiro atoms. The summed E-state index contributed by atoms with van der Waals surface area (Å²) in [6.45, 7) is 2.23. The van der Waals surface area contributed by atoms with E-state index in [4.69, 9.17) is 5.11 Å². The maximum atomic E-state index is 10.6. The summed E-state index contributed by atoms with van der Waals surface area (Å²) in [6.07, 6.45) is 2.01. The number of carboxylic acid groups (broad SMARTS) is 1. The lowest BCUT2D eigenvalue weighted by Crippen LogP contribution is -2.35.